The summed E-state index contributed by atoms with van der Waals surface area (Å²) in [4.78, 5) is 6.65. The average Bonchev–Trinajstić information content (AvgIpc) is 2.30. The van der Waals surface area contributed by atoms with Crippen molar-refractivity contribution in [3.8, 4) is 0 Å². The largest absolute Gasteiger partial charge is 0.328 e. The third-order valence-electron chi connectivity index (χ3n) is 3.29. The third kappa shape index (κ3) is 4.43. The summed E-state index contributed by atoms with van der Waals surface area (Å²) in [6, 6.07) is 5.02. The Hall–Kier alpha value is -0.350. The number of hydrogen-bond donors (Lipinski definition) is 1. The van der Waals surface area contributed by atoms with E-state index < -0.39 is 0 Å². The molecule has 1 aromatic heterocycles. The molecule has 0 saturated carbocycles. The normalized spacial score (nSPS) is 18.9. The zero-order valence-corrected chi connectivity index (χ0v) is 11.7. The van der Waals surface area contributed by atoms with Crippen molar-refractivity contribution < 1.29 is 0 Å². The van der Waals surface area contributed by atoms with Gasteiger partial charge in [-0.1, -0.05) is 6.07 Å². The van der Waals surface area contributed by atoms with Crippen LogP contribution in [0.2, 0.25) is 0 Å². The van der Waals surface area contributed by atoms with Crippen molar-refractivity contribution >= 4 is 24.8 Å². The molecule has 1 atom stereocenters. The van der Waals surface area contributed by atoms with Crippen molar-refractivity contribution in [3.05, 3.63) is 30.1 Å². The van der Waals surface area contributed by atoms with E-state index in [9.17, 15) is 0 Å². The molecule has 0 bridgehead atoms. The second kappa shape index (κ2) is 7.88. The van der Waals surface area contributed by atoms with Crippen LogP contribution in [0.3, 0.4) is 0 Å². The average molecular weight is 278 g/mol. The Kier molecular flexibility index (Phi) is 7.71. The summed E-state index contributed by atoms with van der Waals surface area (Å²) < 4.78 is 0. The van der Waals surface area contributed by atoms with Crippen LogP contribution < -0.4 is 5.73 Å². The van der Waals surface area contributed by atoms with E-state index >= 15 is 0 Å². The summed E-state index contributed by atoms with van der Waals surface area (Å²) in [5.41, 5.74) is 7.20. The molecule has 0 aromatic carbocycles. The topological polar surface area (TPSA) is 42.2 Å². The molecule has 0 aliphatic carbocycles. The minimum Gasteiger partial charge on any atom is -0.328 e. The fourth-order valence-electron chi connectivity index (χ4n) is 2.14. The van der Waals surface area contributed by atoms with Crippen LogP contribution >= 0.6 is 24.8 Å². The minimum absolute atomic E-state index is 0. The van der Waals surface area contributed by atoms with Gasteiger partial charge in [0.25, 0.3) is 0 Å². The summed E-state index contributed by atoms with van der Waals surface area (Å²) in [5, 5.41) is 0. The summed E-state index contributed by atoms with van der Waals surface area (Å²) in [7, 11) is 0. The van der Waals surface area contributed by atoms with E-state index in [0.29, 0.717) is 12.1 Å². The van der Waals surface area contributed by atoms with Crippen LogP contribution in [0.5, 0.6) is 0 Å². The third-order valence-corrected chi connectivity index (χ3v) is 3.29. The van der Waals surface area contributed by atoms with Gasteiger partial charge in [0.15, 0.2) is 0 Å². The maximum atomic E-state index is 5.90. The van der Waals surface area contributed by atoms with E-state index in [-0.39, 0.29) is 24.8 Å². The van der Waals surface area contributed by atoms with E-state index in [1.54, 1.807) is 0 Å². The van der Waals surface area contributed by atoms with E-state index in [0.717, 1.165) is 25.9 Å². The Morgan fingerprint density at radius 2 is 2.00 bits per heavy atom. The Balaban J connectivity index is 0.00000128. The molecule has 2 heterocycles. The predicted molar refractivity (Wildman–Crippen MR) is 75.9 cm³/mol. The number of pyridine rings is 1. The number of piperidine rings is 1. The zero-order valence-electron chi connectivity index (χ0n) is 10.1. The highest BCUT2D eigenvalue weighted by atomic mass is 35.5. The smallest absolute Gasteiger partial charge is 0.0335 e. The maximum Gasteiger partial charge on any atom is 0.0335 e. The number of likely N-dealkylation sites (tertiary alicyclic amines) is 1. The molecule has 1 saturated heterocycles. The molecule has 3 nitrogen and oxygen atoms in total. The second-order valence-electron chi connectivity index (χ2n) is 4.34. The molecule has 1 aromatic rings. The summed E-state index contributed by atoms with van der Waals surface area (Å²) >= 11 is 0. The first-order valence-electron chi connectivity index (χ1n) is 5.67. The van der Waals surface area contributed by atoms with E-state index in [1.807, 2.05) is 18.5 Å². The molecule has 1 aliphatic rings. The fraction of sp³-hybridized carbons (Fsp3) is 0.583. The lowest BCUT2D eigenvalue weighted by Gasteiger charge is -2.34. The number of nitrogens with two attached hydrogens (primary N) is 1. The molecule has 1 aliphatic heterocycles. The molecule has 2 rings (SSSR count). The second-order valence-corrected chi connectivity index (χ2v) is 4.34. The van der Waals surface area contributed by atoms with Crippen LogP contribution in [0.4, 0.5) is 0 Å². The van der Waals surface area contributed by atoms with Crippen molar-refractivity contribution in [2.24, 2.45) is 5.73 Å². The lowest BCUT2D eigenvalue weighted by atomic mass is 10.0. The number of hydrogen-bond acceptors (Lipinski definition) is 3. The molecule has 5 heteroatoms. The van der Waals surface area contributed by atoms with Gasteiger partial charge in [-0.15, -0.1) is 24.8 Å². The summed E-state index contributed by atoms with van der Waals surface area (Å²) in [6.07, 6.45) is 6.01. The van der Waals surface area contributed by atoms with E-state index in [2.05, 4.69) is 22.9 Å². The Bertz CT molecular complexity index is 300. The molecule has 2 N–H and O–H groups in total. The van der Waals surface area contributed by atoms with Crippen molar-refractivity contribution in [2.45, 2.75) is 31.8 Å². The van der Waals surface area contributed by atoms with E-state index in [4.69, 9.17) is 5.73 Å². The molecule has 1 fully saturated rings. The van der Waals surface area contributed by atoms with Gasteiger partial charge in [0, 0.05) is 37.6 Å². The van der Waals surface area contributed by atoms with Crippen LogP contribution in [0, 0.1) is 0 Å². The lowest BCUT2D eigenvalue weighted by Crippen LogP contribution is -2.40. The number of aromatic nitrogens is 1. The monoisotopic (exact) mass is 277 g/mol. The van der Waals surface area contributed by atoms with Gasteiger partial charge in [0.2, 0.25) is 0 Å². The van der Waals surface area contributed by atoms with Crippen LogP contribution in [-0.4, -0.2) is 29.0 Å². The van der Waals surface area contributed by atoms with Crippen LogP contribution in [0.15, 0.2) is 24.5 Å². The van der Waals surface area contributed by atoms with Gasteiger partial charge in [-0.05, 0) is 31.4 Å². The standard InChI is InChI=1S/C12H19N3.2ClH/c1-10(11-3-2-6-14-9-11)15-7-4-12(13)5-8-15;;/h2-3,6,9-10,12H,4-5,7-8,13H2,1H3;2*1H. The van der Waals surface area contributed by atoms with Crippen molar-refractivity contribution in [1.29, 1.82) is 0 Å². The van der Waals surface area contributed by atoms with Crippen molar-refractivity contribution in [1.82, 2.24) is 9.88 Å². The molecule has 0 spiro atoms. The first-order valence-corrected chi connectivity index (χ1v) is 5.67. The lowest BCUT2D eigenvalue weighted by molar-refractivity contribution is 0.163. The molecule has 17 heavy (non-hydrogen) atoms. The highest BCUT2D eigenvalue weighted by molar-refractivity contribution is 5.85. The predicted octanol–water partition coefficient (Wildman–Crippen LogP) is 2.41. The SMILES string of the molecule is CC(c1cccnc1)N1CCC(N)CC1.Cl.Cl. The van der Waals surface area contributed by atoms with Crippen molar-refractivity contribution in [2.75, 3.05) is 13.1 Å². The van der Waals surface area contributed by atoms with Gasteiger partial charge >= 0.3 is 0 Å². The maximum absolute atomic E-state index is 5.90. The fourth-order valence-corrected chi connectivity index (χ4v) is 2.14. The Labute approximate surface area is 116 Å². The van der Waals surface area contributed by atoms with Gasteiger partial charge in [0.05, 0.1) is 0 Å². The number of halogens is 2. The van der Waals surface area contributed by atoms with E-state index in [1.165, 1.54) is 5.56 Å². The van der Waals surface area contributed by atoms with Crippen LogP contribution in [0.1, 0.15) is 31.4 Å². The molecule has 98 valence electrons. The Morgan fingerprint density at radius 1 is 1.35 bits per heavy atom. The van der Waals surface area contributed by atoms with Gasteiger partial charge in [0.1, 0.15) is 0 Å². The van der Waals surface area contributed by atoms with Gasteiger partial charge in [-0.25, -0.2) is 0 Å². The summed E-state index contributed by atoms with van der Waals surface area (Å²) in [6.45, 7) is 4.46. The van der Waals surface area contributed by atoms with Gasteiger partial charge < -0.3 is 5.73 Å². The van der Waals surface area contributed by atoms with Crippen molar-refractivity contribution in [3.63, 3.8) is 0 Å². The first kappa shape index (κ1) is 16.6. The molecular formula is C12H21Cl2N3. The zero-order chi connectivity index (χ0) is 10.7. The van der Waals surface area contributed by atoms with Gasteiger partial charge in [-0.3, -0.25) is 9.88 Å². The molecule has 0 amide bonds. The molecule has 0 radical (unpaired) electrons. The minimum atomic E-state index is 0. The quantitative estimate of drug-likeness (QED) is 0.903. The summed E-state index contributed by atoms with van der Waals surface area (Å²) in [5.74, 6) is 0. The van der Waals surface area contributed by atoms with Gasteiger partial charge in [-0.2, -0.15) is 0 Å². The highest BCUT2D eigenvalue weighted by Crippen LogP contribution is 2.22. The molecular weight excluding hydrogens is 257 g/mol. The van der Waals surface area contributed by atoms with Crippen LogP contribution in [0.25, 0.3) is 0 Å². The highest BCUT2D eigenvalue weighted by Gasteiger charge is 2.21. The number of nitrogens with zero attached hydrogens (tertiary/aromatic N) is 2. The van der Waals surface area contributed by atoms with Crippen LogP contribution in [-0.2, 0) is 0 Å². The Morgan fingerprint density at radius 3 is 2.53 bits per heavy atom. The molecule has 1 unspecified atom stereocenters. The first-order chi connectivity index (χ1) is 7.27. The number of rotatable bonds is 2.